The minimum Gasteiger partial charge on any atom is -0.495 e. The number of hydrogen-bond acceptors (Lipinski definition) is 3. The summed E-state index contributed by atoms with van der Waals surface area (Å²) in [5.74, 6) is 0.733. The van der Waals surface area contributed by atoms with Gasteiger partial charge in [0.1, 0.15) is 5.75 Å². The number of rotatable bonds is 4. The van der Waals surface area contributed by atoms with Crippen molar-refractivity contribution in [3.8, 4) is 5.75 Å². The van der Waals surface area contributed by atoms with Crippen LogP contribution >= 0.6 is 0 Å². The molecule has 1 aromatic rings. The van der Waals surface area contributed by atoms with Crippen molar-refractivity contribution in [1.82, 2.24) is 4.98 Å². The molecule has 1 heterocycles. The van der Waals surface area contributed by atoms with E-state index in [9.17, 15) is 0 Å². The van der Waals surface area contributed by atoms with E-state index in [0.717, 1.165) is 17.7 Å². The first-order valence-corrected chi connectivity index (χ1v) is 4.14. The molecule has 3 nitrogen and oxygen atoms in total. The molecule has 0 bridgehead atoms. The fourth-order valence-electron chi connectivity index (χ4n) is 1.17. The third-order valence-corrected chi connectivity index (χ3v) is 1.86. The second kappa shape index (κ2) is 4.62. The molecule has 0 saturated carbocycles. The normalized spacial score (nSPS) is 12.2. The van der Waals surface area contributed by atoms with Gasteiger partial charge in [-0.25, -0.2) is 0 Å². The maximum Gasteiger partial charge on any atom is 0.141 e. The zero-order valence-electron chi connectivity index (χ0n) is 7.73. The maximum atomic E-state index is 5.90. The molecule has 0 fully saturated rings. The fourth-order valence-corrected chi connectivity index (χ4v) is 1.17. The summed E-state index contributed by atoms with van der Waals surface area (Å²) in [5.41, 5.74) is 6.87. The van der Waals surface area contributed by atoms with Crippen molar-refractivity contribution < 1.29 is 4.74 Å². The summed E-state index contributed by atoms with van der Waals surface area (Å²) in [6.45, 7) is 3.65. The van der Waals surface area contributed by atoms with Gasteiger partial charge in [0, 0.05) is 17.8 Å². The number of hydrogen-bond donors (Lipinski definition) is 1. The number of nitrogens with two attached hydrogens (primary N) is 1. The van der Waals surface area contributed by atoms with Crippen LogP contribution in [-0.2, 0) is 0 Å². The van der Waals surface area contributed by atoms with Crippen molar-refractivity contribution in [2.45, 2.75) is 12.5 Å². The fraction of sp³-hybridized carbons (Fsp3) is 0.300. The molecule has 0 spiro atoms. The topological polar surface area (TPSA) is 48.1 Å². The number of aromatic nitrogens is 1. The molecule has 1 rings (SSSR count). The van der Waals surface area contributed by atoms with Gasteiger partial charge >= 0.3 is 0 Å². The summed E-state index contributed by atoms with van der Waals surface area (Å²) in [6.07, 6.45) is 5.91. The Bertz CT molecular complexity index is 286. The van der Waals surface area contributed by atoms with Gasteiger partial charge in [-0.05, 0) is 12.5 Å². The van der Waals surface area contributed by atoms with Gasteiger partial charge < -0.3 is 10.5 Å². The van der Waals surface area contributed by atoms with Gasteiger partial charge in [-0.15, -0.1) is 6.58 Å². The molecule has 3 heteroatoms. The second-order valence-electron chi connectivity index (χ2n) is 2.75. The van der Waals surface area contributed by atoms with Crippen LogP contribution in [0.15, 0.2) is 31.1 Å². The molecular weight excluding hydrogens is 164 g/mol. The Balaban J connectivity index is 2.91. The average molecular weight is 178 g/mol. The summed E-state index contributed by atoms with van der Waals surface area (Å²) in [6, 6.07) is 1.81. The van der Waals surface area contributed by atoms with Crippen molar-refractivity contribution in [3.63, 3.8) is 0 Å². The predicted octanol–water partition coefficient (Wildman–Crippen LogP) is 1.67. The Hall–Kier alpha value is -1.35. The predicted molar refractivity (Wildman–Crippen MR) is 52.5 cm³/mol. The highest BCUT2D eigenvalue weighted by Gasteiger charge is 2.09. The summed E-state index contributed by atoms with van der Waals surface area (Å²) < 4.78 is 5.14. The van der Waals surface area contributed by atoms with Crippen LogP contribution in [0.2, 0.25) is 0 Å². The Morgan fingerprint density at radius 3 is 3.15 bits per heavy atom. The van der Waals surface area contributed by atoms with E-state index in [0.29, 0.717) is 0 Å². The van der Waals surface area contributed by atoms with Crippen molar-refractivity contribution in [3.05, 3.63) is 36.7 Å². The molecule has 0 aromatic carbocycles. The lowest BCUT2D eigenvalue weighted by Gasteiger charge is -2.12. The van der Waals surface area contributed by atoms with Crippen molar-refractivity contribution >= 4 is 0 Å². The third kappa shape index (κ3) is 2.29. The van der Waals surface area contributed by atoms with E-state index in [4.69, 9.17) is 10.5 Å². The standard InChI is InChI=1S/C10H14N2O/c1-3-4-9(11)8-5-6-12-7-10(8)13-2/h3,5-7,9H,1,4,11H2,2H3. The highest BCUT2D eigenvalue weighted by atomic mass is 16.5. The molecular formula is C10H14N2O. The largest absolute Gasteiger partial charge is 0.495 e. The van der Waals surface area contributed by atoms with E-state index in [-0.39, 0.29) is 6.04 Å². The minimum absolute atomic E-state index is 0.0598. The van der Waals surface area contributed by atoms with Crippen LogP contribution in [0.4, 0.5) is 0 Å². The van der Waals surface area contributed by atoms with Crippen LogP contribution < -0.4 is 10.5 Å². The lowest BCUT2D eigenvalue weighted by Crippen LogP contribution is -2.10. The molecule has 0 amide bonds. The quantitative estimate of drug-likeness (QED) is 0.713. The van der Waals surface area contributed by atoms with Gasteiger partial charge in [-0.1, -0.05) is 6.08 Å². The number of nitrogens with zero attached hydrogens (tertiary/aromatic N) is 1. The van der Waals surface area contributed by atoms with Gasteiger partial charge in [0.2, 0.25) is 0 Å². The Labute approximate surface area is 78.2 Å². The van der Waals surface area contributed by atoms with E-state index in [1.165, 1.54) is 0 Å². The monoisotopic (exact) mass is 178 g/mol. The average Bonchev–Trinajstić information content (AvgIpc) is 2.18. The number of pyridine rings is 1. The third-order valence-electron chi connectivity index (χ3n) is 1.86. The number of methoxy groups -OCH3 is 1. The zero-order valence-corrected chi connectivity index (χ0v) is 7.73. The molecule has 1 unspecified atom stereocenters. The summed E-state index contributed by atoms with van der Waals surface area (Å²) >= 11 is 0. The SMILES string of the molecule is C=CCC(N)c1ccncc1OC. The Morgan fingerprint density at radius 2 is 2.54 bits per heavy atom. The van der Waals surface area contributed by atoms with Gasteiger partial charge in [0.05, 0.1) is 13.3 Å². The first-order valence-electron chi connectivity index (χ1n) is 4.14. The summed E-state index contributed by atoms with van der Waals surface area (Å²) in [4.78, 5) is 3.95. The molecule has 0 radical (unpaired) electrons. The Morgan fingerprint density at radius 1 is 1.77 bits per heavy atom. The molecule has 0 aliphatic rings. The van der Waals surface area contributed by atoms with E-state index in [1.54, 1.807) is 25.6 Å². The highest BCUT2D eigenvalue weighted by Crippen LogP contribution is 2.23. The molecule has 0 aliphatic heterocycles. The van der Waals surface area contributed by atoms with E-state index in [2.05, 4.69) is 11.6 Å². The van der Waals surface area contributed by atoms with E-state index < -0.39 is 0 Å². The van der Waals surface area contributed by atoms with E-state index >= 15 is 0 Å². The lowest BCUT2D eigenvalue weighted by atomic mass is 10.1. The van der Waals surface area contributed by atoms with Gasteiger partial charge in [-0.2, -0.15) is 0 Å². The van der Waals surface area contributed by atoms with Gasteiger partial charge in [0.25, 0.3) is 0 Å². The second-order valence-corrected chi connectivity index (χ2v) is 2.75. The summed E-state index contributed by atoms with van der Waals surface area (Å²) in [7, 11) is 1.61. The van der Waals surface area contributed by atoms with Crippen molar-refractivity contribution in [1.29, 1.82) is 0 Å². The highest BCUT2D eigenvalue weighted by molar-refractivity contribution is 5.32. The van der Waals surface area contributed by atoms with Crippen LogP contribution in [0, 0.1) is 0 Å². The van der Waals surface area contributed by atoms with Crippen molar-refractivity contribution in [2.24, 2.45) is 5.73 Å². The molecule has 0 aliphatic carbocycles. The van der Waals surface area contributed by atoms with Crippen LogP contribution in [0.5, 0.6) is 5.75 Å². The first-order chi connectivity index (χ1) is 6.29. The number of ether oxygens (including phenoxy) is 1. The molecule has 70 valence electrons. The van der Waals surface area contributed by atoms with Crippen LogP contribution in [0.25, 0.3) is 0 Å². The molecule has 2 N–H and O–H groups in total. The van der Waals surface area contributed by atoms with Gasteiger partial charge in [-0.3, -0.25) is 4.98 Å². The van der Waals surface area contributed by atoms with E-state index in [1.807, 2.05) is 6.07 Å². The van der Waals surface area contributed by atoms with Crippen LogP contribution in [-0.4, -0.2) is 12.1 Å². The zero-order chi connectivity index (χ0) is 9.68. The lowest BCUT2D eigenvalue weighted by molar-refractivity contribution is 0.403. The summed E-state index contributed by atoms with van der Waals surface area (Å²) in [5, 5.41) is 0. The van der Waals surface area contributed by atoms with Crippen molar-refractivity contribution in [2.75, 3.05) is 7.11 Å². The Kier molecular flexibility index (Phi) is 3.46. The van der Waals surface area contributed by atoms with Crippen LogP contribution in [0.1, 0.15) is 18.0 Å². The molecule has 1 aromatic heterocycles. The molecule has 1 atom stereocenters. The maximum absolute atomic E-state index is 5.90. The first kappa shape index (κ1) is 9.74. The molecule has 13 heavy (non-hydrogen) atoms. The van der Waals surface area contributed by atoms with Crippen LogP contribution in [0.3, 0.4) is 0 Å². The minimum atomic E-state index is -0.0598. The smallest absolute Gasteiger partial charge is 0.141 e. The molecule has 0 saturated heterocycles. The van der Waals surface area contributed by atoms with Gasteiger partial charge in [0.15, 0.2) is 0 Å².